The van der Waals surface area contributed by atoms with Gasteiger partial charge in [0.1, 0.15) is 16.2 Å². The number of aromatic carboxylic acids is 1. The van der Waals surface area contributed by atoms with Crippen LogP contribution in [0.3, 0.4) is 0 Å². The van der Waals surface area contributed by atoms with Crippen molar-refractivity contribution in [2.24, 2.45) is 0 Å². The molecule has 6 aromatic rings. The number of carboxylic acid groups (broad SMARTS) is 1. The molecule has 212 valence electrons. The smallest absolute Gasteiger partial charge is 0.345 e. The summed E-state index contributed by atoms with van der Waals surface area (Å²) >= 11 is 1.19. The van der Waals surface area contributed by atoms with Gasteiger partial charge in [-0.25, -0.2) is 4.79 Å². The zero-order valence-corrected chi connectivity index (χ0v) is 24.2. The van der Waals surface area contributed by atoms with Gasteiger partial charge in [0.05, 0.1) is 17.5 Å². The van der Waals surface area contributed by atoms with E-state index in [1.54, 1.807) is 18.5 Å². The average molecular weight is 584 g/mol. The minimum absolute atomic E-state index is 0.0898. The molecule has 4 aromatic carbocycles. The Morgan fingerprint density at radius 3 is 1.86 bits per heavy atom. The summed E-state index contributed by atoms with van der Waals surface area (Å²) in [5.41, 5.74) is 3.64. The molecule has 0 aliphatic heterocycles. The fourth-order valence-electron chi connectivity index (χ4n) is 5.81. The summed E-state index contributed by atoms with van der Waals surface area (Å²) in [7, 11) is 0. The molecule has 6 heteroatoms. The van der Waals surface area contributed by atoms with E-state index in [1.807, 2.05) is 30.3 Å². The quantitative estimate of drug-likeness (QED) is 0.163. The fourth-order valence-corrected chi connectivity index (χ4v) is 6.69. The third kappa shape index (κ3) is 5.09. The molecule has 1 aliphatic rings. The topological polar surface area (TPSA) is 68.7 Å². The van der Waals surface area contributed by atoms with Crippen LogP contribution < -0.4 is 4.74 Å². The number of rotatable bonds is 10. The number of ether oxygens (including phenoxy) is 2. The van der Waals surface area contributed by atoms with Crippen LogP contribution in [-0.2, 0) is 15.8 Å². The molecule has 0 unspecified atom stereocenters. The van der Waals surface area contributed by atoms with Crippen LogP contribution in [-0.4, -0.2) is 22.7 Å². The Hall–Kier alpha value is -4.78. The van der Waals surface area contributed by atoms with Crippen molar-refractivity contribution >= 4 is 27.4 Å². The predicted molar refractivity (Wildman–Crippen MR) is 169 cm³/mol. The number of benzene rings is 4. The van der Waals surface area contributed by atoms with E-state index in [0.29, 0.717) is 18.1 Å². The van der Waals surface area contributed by atoms with Crippen molar-refractivity contribution in [1.82, 2.24) is 4.98 Å². The van der Waals surface area contributed by atoms with Gasteiger partial charge in [-0.15, -0.1) is 11.3 Å². The highest BCUT2D eigenvalue weighted by Crippen LogP contribution is 2.51. The first-order valence-electron chi connectivity index (χ1n) is 14.3. The maximum Gasteiger partial charge on any atom is 0.345 e. The SMILES string of the molecule is O=C(O)c1cc2c(Oc3ccc(C4(COC(c5ccccc5)(c5ccccc5)c5ccccc5)CC4)cc3)cncc2s1. The minimum Gasteiger partial charge on any atom is -0.477 e. The monoisotopic (exact) mass is 583 g/mol. The molecule has 7 rings (SSSR count). The summed E-state index contributed by atoms with van der Waals surface area (Å²) in [6.45, 7) is 0.558. The normalized spacial score (nSPS) is 14.0. The van der Waals surface area contributed by atoms with Crippen molar-refractivity contribution in [3.8, 4) is 11.5 Å². The van der Waals surface area contributed by atoms with Crippen molar-refractivity contribution in [3.05, 3.63) is 161 Å². The van der Waals surface area contributed by atoms with Crippen molar-refractivity contribution < 1.29 is 19.4 Å². The highest BCUT2D eigenvalue weighted by atomic mass is 32.1. The average Bonchev–Trinajstić information content (AvgIpc) is 3.72. The standard InChI is InChI=1S/C37H29NO4S/c39-35(40)33-22-31-32(23-38-24-34(31)43-33)42-30-18-16-26(17-19-30)36(20-21-36)25-41-37(27-10-4-1-5-11-27,28-12-6-2-7-13-28)29-14-8-3-9-15-29/h1-19,22-24H,20-21,25H2,(H,39,40). The molecular weight excluding hydrogens is 554 g/mol. The molecule has 1 fully saturated rings. The van der Waals surface area contributed by atoms with Gasteiger partial charge in [0, 0.05) is 17.0 Å². The number of fused-ring (bicyclic) bond motifs is 1. The molecule has 0 radical (unpaired) electrons. The second-order valence-corrected chi connectivity index (χ2v) is 12.0. The molecule has 0 spiro atoms. The summed E-state index contributed by atoms with van der Waals surface area (Å²) in [6, 6.07) is 41.2. The van der Waals surface area contributed by atoms with Crippen LogP contribution in [0.15, 0.2) is 134 Å². The maximum atomic E-state index is 11.5. The largest absolute Gasteiger partial charge is 0.477 e. The molecular formula is C37H29NO4S. The Kier molecular flexibility index (Phi) is 7.01. The molecule has 5 nitrogen and oxygen atoms in total. The van der Waals surface area contributed by atoms with E-state index in [-0.39, 0.29) is 10.3 Å². The molecule has 2 heterocycles. The first kappa shape index (κ1) is 27.1. The molecule has 2 aromatic heterocycles. The van der Waals surface area contributed by atoms with Gasteiger partial charge in [-0.3, -0.25) is 4.98 Å². The van der Waals surface area contributed by atoms with Crippen molar-refractivity contribution in [3.63, 3.8) is 0 Å². The molecule has 1 N–H and O–H groups in total. The Morgan fingerprint density at radius 2 is 1.35 bits per heavy atom. The van der Waals surface area contributed by atoms with Gasteiger partial charge < -0.3 is 14.6 Å². The molecule has 0 amide bonds. The number of aromatic nitrogens is 1. The van der Waals surface area contributed by atoms with Crippen LogP contribution in [0.4, 0.5) is 0 Å². The number of hydrogen-bond acceptors (Lipinski definition) is 5. The van der Waals surface area contributed by atoms with Crippen molar-refractivity contribution in [2.75, 3.05) is 6.61 Å². The van der Waals surface area contributed by atoms with Crippen LogP contribution in [0.25, 0.3) is 10.1 Å². The highest BCUT2D eigenvalue weighted by Gasteiger charge is 2.48. The van der Waals surface area contributed by atoms with Gasteiger partial charge in [0.15, 0.2) is 5.75 Å². The first-order valence-corrected chi connectivity index (χ1v) is 15.1. The summed E-state index contributed by atoms with van der Waals surface area (Å²) in [5, 5.41) is 10.1. The zero-order chi connectivity index (χ0) is 29.3. The van der Waals surface area contributed by atoms with Crippen LogP contribution in [0.2, 0.25) is 0 Å². The number of nitrogens with zero attached hydrogens (tertiary/aromatic N) is 1. The van der Waals surface area contributed by atoms with Crippen LogP contribution in [0.1, 0.15) is 44.8 Å². The fraction of sp³-hybridized carbons (Fsp3) is 0.135. The van der Waals surface area contributed by atoms with E-state index in [0.717, 1.165) is 39.6 Å². The van der Waals surface area contributed by atoms with E-state index >= 15 is 0 Å². The first-order chi connectivity index (χ1) is 21.1. The van der Waals surface area contributed by atoms with Gasteiger partial charge >= 0.3 is 5.97 Å². The second-order valence-electron chi connectivity index (χ2n) is 10.9. The zero-order valence-electron chi connectivity index (χ0n) is 23.4. The van der Waals surface area contributed by atoms with Gasteiger partial charge in [0.2, 0.25) is 0 Å². The van der Waals surface area contributed by atoms with Crippen molar-refractivity contribution in [1.29, 1.82) is 0 Å². The third-order valence-electron chi connectivity index (χ3n) is 8.27. The Bertz CT molecular complexity index is 1770. The minimum atomic E-state index is -0.954. The van der Waals surface area contributed by atoms with Crippen LogP contribution in [0.5, 0.6) is 11.5 Å². The lowest BCUT2D eigenvalue weighted by Gasteiger charge is -2.37. The van der Waals surface area contributed by atoms with Gasteiger partial charge in [-0.05, 0) is 53.3 Å². The summed E-state index contributed by atoms with van der Waals surface area (Å²) in [5.74, 6) is 0.256. The molecule has 43 heavy (non-hydrogen) atoms. The Labute approximate surface area is 254 Å². The Morgan fingerprint density at radius 1 is 0.791 bits per heavy atom. The molecule has 0 atom stereocenters. The molecule has 1 saturated carbocycles. The highest BCUT2D eigenvalue weighted by molar-refractivity contribution is 7.20. The molecule has 0 bridgehead atoms. The van der Waals surface area contributed by atoms with Crippen LogP contribution >= 0.6 is 11.3 Å². The van der Waals surface area contributed by atoms with E-state index < -0.39 is 11.6 Å². The summed E-state index contributed by atoms with van der Waals surface area (Å²) in [6.07, 6.45) is 5.37. The number of carboxylic acids is 1. The number of hydrogen-bond donors (Lipinski definition) is 1. The Balaban J connectivity index is 1.18. The van der Waals surface area contributed by atoms with Gasteiger partial charge in [0.25, 0.3) is 0 Å². The van der Waals surface area contributed by atoms with Gasteiger partial charge in [-0.2, -0.15) is 0 Å². The summed E-state index contributed by atoms with van der Waals surface area (Å²) < 4.78 is 14.1. The van der Waals surface area contributed by atoms with E-state index in [2.05, 4.69) is 89.9 Å². The van der Waals surface area contributed by atoms with E-state index in [1.165, 1.54) is 16.9 Å². The number of carbonyl (C=O) groups is 1. The second kappa shape index (κ2) is 11.1. The predicted octanol–water partition coefficient (Wildman–Crippen LogP) is 8.83. The lowest BCUT2D eigenvalue weighted by Crippen LogP contribution is -2.35. The van der Waals surface area contributed by atoms with Crippen molar-refractivity contribution in [2.45, 2.75) is 23.9 Å². The lowest BCUT2D eigenvalue weighted by atomic mass is 9.80. The molecule has 0 saturated heterocycles. The van der Waals surface area contributed by atoms with Crippen LogP contribution in [0, 0.1) is 0 Å². The maximum absolute atomic E-state index is 11.5. The number of thiophene rings is 1. The lowest BCUT2D eigenvalue weighted by molar-refractivity contribution is -0.000347. The third-order valence-corrected chi connectivity index (χ3v) is 9.33. The summed E-state index contributed by atoms with van der Waals surface area (Å²) in [4.78, 5) is 16.0. The molecule has 1 aliphatic carbocycles. The number of pyridine rings is 1. The van der Waals surface area contributed by atoms with Gasteiger partial charge in [-0.1, -0.05) is 103 Å². The van der Waals surface area contributed by atoms with E-state index in [4.69, 9.17) is 9.47 Å². The van der Waals surface area contributed by atoms with E-state index in [9.17, 15) is 9.90 Å².